The van der Waals surface area contributed by atoms with E-state index in [0.29, 0.717) is 0 Å². The van der Waals surface area contributed by atoms with E-state index in [9.17, 15) is 79.0 Å². The Kier molecular flexibility index (Phi) is 8.18. The Morgan fingerprint density at radius 3 is 0.788 bits per heavy atom. The SMILES string of the molecule is CC(F)C(F)(F)C(F)(F)C(F)(F)C(F)(F)[Si](Cl)(Cl)C(F)(F)C(F)(F)C(F)(F)C(F)(F)C(C)F. The van der Waals surface area contributed by atoms with Crippen LogP contribution in [-0.4, -0.2) is 65.7 Å². The first-order chi connectivity index (χ1) is 13.9. The molecule has 0 aromatic heterocycles. The first-order valence-corrected chi connectivity index (χ1v) is 11.6. The van der Waals surface area contributed by atoms with Gasteiger partial charge < -0.3 is 0 Å². The van der Waals surface area contributed by atoms with Crippen LogP contribution < -0.4 is 0 Å². The first kappa shape index (κ1) is 32.5. The lowest BCUT2D eigenvalue weighted by Crippen LogP contribution is -2.78. The van der Waals surface area contributed by atoms with Gasteiger partial charge in [-0.2, -0.15) is 52.7 Å². The molecule has 0 saturated heterocycles. The van der Waals surface area contributed by atoms with E-state index in [1.54, 1.807) is 0 Å². The highest BCUT2D eigenvalue weighted by atomic mass is 35.7. The highest BCUT2D eigenvalue weighted by Gasteiger charge is 2.96. The molecule has 0 heterocycles. The van der Waals surface area contributed by atoms with Crippen LogP contribution in [0.3, 0.4) is 0 Å². The van der Waals surface area contributed by atoms with Gasteiger partial charge in [0.25, 0.3) is 0 Å². The molecule has 21 heteroatoms. The monoisotopic (exact) mass is 592 g/mol. The second-order valence-corrected chi connectivity index (χ2v) is 12.9. The van der Waals surface area contributed by atoms with Gasteiger partial charge in [0.1, 0.15) is 0 Å². The molecule has 33 heavy (non-hydrogen) atoms. The van der Waals surface area contributed by atoms with Crippen molar-refractivity contribution in [3.63, 3.8) is 0 Å². The van der Waals surface area contributed by atoms with Gasteiger partial charge in [-0.15, -0.1) is 22.2 Å². The molecule has 0 aliphatic heterocycles. The fraction of sp³-hybridized carbons (Fsp3) is 1.00. The second-order valence-electron chi connectivity index (χ2n) is 6.50. The number of hydrogen-bond acceptors (Lipinski definition) is 0. The molecule has 0 aromatic carbocycles. The van der Waals surface area contributed by atoms with Gasteiger partial charge in [0, 0.05) is 0 Å². The molecule has 0 fully saturated rings. The molecule has 0 aliphatic rings. The topological polar surface area (TPSA) is 0 Å². The van der Waals surface area contributed by atoms with Crippen molar-refractivity contribution in [1.29, 1.82) is 0 Å². The van der Waals surface area contributed by atoms with Crippen molar-refractivity contribution in [2.24, 2.45) is 0 Å². The summed E-state index contributed by atoms with van der Waals surface area (Å²) in [6.45, 7) is -10.2. The van der Waals surface area contributed by atoms with Gasteiger partial charge in [0.2, 0.25) is 0 Å². The lowest BCUT2D eigenvalue weighted by atomic mass is 10.0. The minimum absolute atomic E-state index is 0.613. The maximum Gasteiger partial charge on any atom is 0.417 e. The van der Waals surface area contributed by atoms with Crippen molar-refractivity contribution < 1.29 is 79.0 Å². The summed E-state index contributed by atoms with van der Waals surface area (Å²) in [6, 6.07) is 0. The van der Waals surface area contributed by atoms with E-state index in [2.05, 4.69) is 22.2 Å². The van der Waals surface area contributed by atoms with Crippen LogP contribution in [0.4, 0.5) is 79.0 Å². The van der Waals surface area contributed by atoms with Crippen LogP contribution in [-0.2, 0) is 0 Å². The normalized spacial score (nSPS) is 18.4. The largest absolute Gasteiger partial charge is 0.417 e. The van der Waals surface area contributed by atoms with Crippen molar-refractivity contribution >= 4 is 28.9 Å². The van der Waals surface area contributed by atoms with Gasteiger partial charge in [-0.05, 0) is 13.8 Å². The van der Waals surface area contributed by atoms with Crippen molar-refractivity contribution in [2.45, 2.75) is 72.8 Å². The Morgan fingerprint density at radius 1 is 0.455 bits per heavy atom. The lowest BCUT2D eigenvalue weighted by Gasteiger charge is -2.45. The standard InChI is InChI=1S/C12H8Cl2F18Si/c1-3(15)5(17,18)7(21,22)9(25,26)11(29,30)33(13,14)12(31,32)10(27,28)8(23,24)6(19,20)4(2)16/h3-4H,1-2H3. The highest BCUT2D eigenvalue weighted by molar-refractivity contribution is 7.47. The van der Waals surface area contributed by atoms with E-state index in [4.69, 9.17) is 0 Å². The van der Waals surface area contributed by atoms with E-state index in [1.807, 2.05) is 0 Å². The van der Waals surface area contributed by atoms with Gasteiger partial charge >= 0.3 is 53.3 Å². The molecule has 200 valence electrons. The number of hydrogen-bond donors (Lipinski definition) is 0. The molecule has 0 aromatic rings. The molecule has 0 rings (SSSR count). The third kappa shape index (κ3) is 3.94. The zero-order chi connectivity index (χ0) is 27.7. The molecule has 0 amide bonds. The average molecular weight is 593 g/mol. The summed E-state index contributed by atoms with van der Waals surface area (Å²) in [6.07, 6.45) is -8.88. The zero-order valence-electron chi connectivity index (χ0n) is 15.2. The summed E-state index contributed by atoms with van der Waals surface area (Å²) < 4.78 is 242. The van der Waals surface area contributed by atoms with Crippen LogP contribution >= 0.6 is 22.2 Å². The maximum absolute atomic E-state index is 13.9. The molecule has 0 radical (unpaired) electrons. The van der Waals surface area contributed by atoms with E-state index in [0.717, 1.165) is 0 Å². The van der Waals surface area contributed by atoms with Gasteiger partial charge in [0.05, 0.1) is 0 Å². The van der Waals surface area contributed by atoms with Crippen LogP contribution in [0, 0.1) is 0 Å². The van der Waals surface area contributed by atoms with Gasteiger partial charge in [-0.25, -0.2) is 26.3 Å². The predicted octanol–water partition coefficient (Wildman–Crippen LogP) is 7.78. The van der Waals surface area contributed by atoms with Crippen LogP contribution in [0.5, 0.6) is 0 Å². The molecular weight excluding hydrogens is 585 g/mol. The molecule has 2 unspecified atom stereocenters. The Balaban J connectivity index is 7.00. The van der Waals surface area contributed by atoms with E-state index in [-0.39, 0.29) is 0 Å². The molecular formula is C12H8Cl2F18Si. The van der Waals surface area contributed by atoms with E-state index in [1.165, 1.54) is 0 Å². The second kappa shape index (κ2) is 8.30. The van der Waals surface area contributed by atoms with E-state index >= 15 is 0 Å². The Bertz CT molecular complexity index is 657. The molecule has 0 N–H and O–H groups in total. The quantitative estimate of drug-likeness (QED) is 0.138. The Hall–Kier alpha value is -0.463. The predicted molar refractivity (Wildman–Crippen MR) is 78.2 cm³/mol. The van der Waals surface area contributed by atoms with Gasteiger partial charge in [-0.1, -0.05) is 0 Å². The van der Waals surface area contributed by atoms with E-state index < -0.39 is 79.5 Å². The van der Waals surface area contributed by atoms with Crippen LogP contribution in [0.15, 0.2) is 0 Å². The third-order valence-corrected chi connectivity index (χ3v) is 9.26. The number of halogens is 20. The minimum atomic E-state index is -8.97. The fourth-order valence-corrected chi connectivity index (χ4v) is 4.83. The average Bonchev–Trinajstić information content (AvgIpc) is 2.59. The Morgan fingerprint density at radius 2 is 0.636 bits per heavy atom. The maximum atomic E-state index is 13.9. The minimum Gasteiger partial charge on any atom is -0.241 e. The smallest absolute Gasteiger partial charge is 0.241 e. The van der Waals surface area contributed by atoms with Gasteiger partial charge in [0.15, 0.2) is 12.3 Å². The summed E-state index contributed by atoms with van der Waals surface area (Å²) in [5.74, 6) is -45.3. The summed E-state index contributed by atoms with van der Waals surface area (Å²) >= 11 is 8.12. The molecule has 0 saturated carbocycles. The van der Waals surface area contributed by atoms with Crippen molar-refractivity contribution in [1.82, 2.24) is 0 Å². The van der Waals surface area contributed by atoms with Crippen LogP contribution in [0.1, 0.15) is 13.8 Å². The number of alkyl halides is 18. The molecule has 2 atom stereocenters. The van der Waals surface area contributed by atoms with Gasteiger partial charge in [-0.3, -0.25) is 0 Å². The third-order valence-electron chi connectivity index (χ3n) is 4.20. The summed E-state index contributed by atoms with van der Waals surface area (Å²) in [4.78, 5) is 0. The first-order valence-electron chi connectivity index (χ1n) is 7.57. The fourth-order valence-electron chi connectivity index (χ4n) is 1.90. The Labute approximate surface area is 181 Å². The molecule has 0 bridgehead atoms. The molecule has 0 spiro atoms. The van der Waals surface area contributed by atoms with Crippen molar-refractivity contribution in [3.05, 3.63) is 0 Å². The van der Waals surface area contributed by atoms with Crippen molar-refractivity contribution in [3.8, 4) is 0 Å². The number of rotatable bonds is 10. The molecule has 0 aliphatic carbocycles. The summed E-state index contributed by atoms with van der Waals surface area (Å²) in [5.41, 5.74) is -15.7. The summed E-state index contributed by atoms with van der Waals surface area (Å²) in [5, 5.41) is 0. The van der Waals surface area contributed by atoms with Crippen LogP contribution in [0.2, 0.25) is 0 Å². The van der Waals surface area contributed by atoms with Crippen LogP contribution in [0.25, 0.3) is 0 Å². The zero-order valence-corrected chi connectivity index (χ0v) is 17.7. The van der Waals surface area contributed by atoms with Crippen molar-refractivity contribution in [2.75, 3.05) is 0 Å². The lowest BCUT2D eigenvalue weighted by molar-refractivity contribution is -0.370. The highest BCUT2D eigenvalue weighted by Crippen LogP contribution is 2.65. The molecule has 0 nitrogen and oxygen atoms in total. The summed E-state index contributed by atoms with van der Waals surface area (Å²) in [7, 11) is 0.